The maximum Gasteiger partial charge on any atom is 0.193 e. The van der Waals surface area contributed by atoms with Crippen LogP contribution in [0.15, 0.2) is 4.99 Å². The molecule has 1 saturated heterocycles. The van der Waals surface area contributed by atoms with Crippen molar-refractivity contribution in [3.05, 3.63) is 0 Å². The molecule has 0 aromatic heterocycles. The molecule has 0 amide bonds. The summed E-state index contributed by atoms with van der Waals surface area (Å²) < 4.78 is 10.7. The van der Waals surface area contributed by atoms with Gasteiger partial charge >= 0.3 is 0 Å². The summed E-state index contributed by atoms with van der Waals surface area (Å²) in [6.45, 7) is 13.6. The van der Waals surface area contributed by atoms with E-state index in [2.05, 4.69) is 42.9 Å². The number of ether oxygens (including phenoxy) is 2. The third kappa shape index (κ3) is 7.81. The fourth-order valence-electron chi connectivity index (χ4n) is 2.82. The minimum atomic E-state index is 0.591. The number of hydrogen-bond donors (Lipinski definition) is 1. The van der Waals surface area contributed by atoms with Crippen molar-refractivity contribution in [3.8, 4) is 0 Å². The van der Waals surface area contributed by atoms with Gasteiger partial charge in [0.05, 0.1) is 26.4 Å². The maximum atomic E-state index is 5.68. The van der Waals surface area contributed by atoms with Crippen LogP contribution in [-0.4, -0.2) is 88.5 Å². The summed E-state index contributed by atoms with van der Waals surface area (Å²) in [4.78, 5) is 9.58. The van der Waals surface area contributed by atoms with E-state index in [1.807, 2.05) is 0 Å². The Bertz CT molecular complexity index is 352. The molecule has 142 valence electrons. The minimum Gasteiger partial charge on any atom is -0.382 e. The number of methoxy groups -OCH3 is 1. The highest BCUT2D eigenvalue weighted by Gasteiger charge is 2.24. The van der Waals surface area contributed by atoms with Crippen LogP contribution >= 0.6 is 0 Å². The van der Waals surface area contributed by atoms with E-state index in [9.17, 15) is 0 Å². The van der Waals surface area contributed by atoms with E-state index in [1.54, 1.807) is 7.11 Å². The molecule has 0 aliphatic carbocycles. The predicted molar refractivity (Wildman–Crippen MR) is 101 cm³/mol. The zero-order valence-electron chi connectivity index (χ0n) is 16.4. The first kappa shape index (κ1) is 21.2. The number of aliphatic imine (C=N–C) groups is 1. The Labute approximate surface area is 148 Å². The molecule has 2 atom stereocenters. The molecule has 1 N–H and O–H groups in total. The molecular weight excluding hydrogens is 304 g/mol. The van der Waals surface area contributed by atoms with E-state index in [0.29, 0.717) is 25.2 Å². The standard InChI is InChI=1S/C18H38N4O2/c1-6-16(3)21(4)11-9-20-18(19-7-2)22-10-8-17(14-22)15-24-13-12-23-5/h16-17H,6-15H2,1-5H3,(H,19,20). The third-order valence-corrected chi connectivity index (χ3v) is 4.76. The molecule has 1 aliphatic rings. The van der Waals surface area contributed by atoms with Crippen molar-refractivity contribution in [1.82, 2.24) is 15.1 Å². The van der Waals surface area contributed by atoms with Crippen molar-refractivity contribution < 1.29 is 9.47 Å². The van der Waals surface area contributed by atoms with Gasteiger partial charge in [-0.3, -0.25) is 4.99 Å². The number of rotatable bonds is 11. The van der Waals surface area contributed by atoms with Gasteiger partial charge in [-0.1, -0.05) is 6.92 Å². The first-order valence-corrected chi connectivity index (χ1v) is 9.42. The van der Waals surface area contributed by atoms with Gasteiger partial charge in [0.15, 0.2) is 5.96 Å². The van der Waals surface area contributed by atoms with E-state index in [1.165, 1.54) is 12.8 Å². The number of hydrogen-bond acceptors (Lipinski definition) is 4. The third-order valence-electron chi connectivity index (χ3n) is 4.76. The summed E-state index contributed by atoms with van der Waals surface area (Å²) in [5.41, 5.74) is 0. The van der Waals surface area contributed by atoms with Gasteiger partial charge in [0.1, 0.15) is 0 Å². The van der Waals surface area contributed by atoms with Crippen LogP contribution < -0.4 is 5.32 Å². The number of guanidine groups is 1. The van der Waals surface area contributed by atoms with Crippen LogP contribution in [0.4, 0.5) is 0 Å². The zero-order valence-corrected chi connectivity index (χ0v) is 16.4. The lowest BCUT2D eigenvalue weighted by Gasteiger charge is -2.24. The first-order chi connectivity index (χ1) is 11.6. The van der Waals surface area contributed by atoms with E-state index < -0.39 is 0 Å². The lowest BCUT2D eigenvalue weighted by Crippen LogP contribution is -2.41. The lowest BCUT2D eigenvalue weighted by molar-refractivity contribution is 0.0536. The molecule has 2 unspecified atom stereocenters. The second kappa shape index (κ2) is 12.5. The molecule has 1 rings (SSSR count). The Morgan fingerprint density at radius 3 is 2.83 bits per heavy atom. The molecule has 0 bridgehead atoms. The Morgan fingerprint density at radius 1 is 1.38 bits per heavy atom. The molecule has 1 fully saturated rings. The molecule has 6 heteroatoms. The largest absolute Gasteiger partial charge is 0.382 e. The van der Waals surface area contributed by atoms with E-state index in [4.69, 9.17) is 14.5 Å². The summed E-state index contributed by atoms with van der Waals surface area (Å²) in [5.74, 6) is 1.64. The molecule has 0 aromatic rings. The number of likely N-dealkylation sites (N-methyl/N-ethyl adjacent to an activating group) is 1. The summed E-state index contributed by atoms with van der Waals surface area (Å²) in [7, 11) is 3.89. The molecule has 0 saturated carbocycles. The molecule has 1 heterocycles. The van der Waals surface area contributed by atoms with Crippen molar-refractivity contribution in [2.24, 2.45) is 10.9 Å². The van der Waals surface area contributed by atoms with Gasteiger partial charge in [-0.2, -0.15) is 0 Å². The second-order valence-electron chi connectivity index (χ2n) is 6.64. The topological polar surface area (TPSA) is 49.3 Å². The van der Waals surface area contributed by atoms with E-state index in [0.717, 1.165) is 45.3 Å². The molecule has 6 nitrogen and oxygen atoms in total. The Morgan fingerprint density at radius 2 is 2.17 bits per heavy atom. The normalized spacial score (nSPS) is 20.0. The molecular formula is C18H38N4O2. The smallest absolute Gasteiger partial charge is 0.193 e. The van der Waals surface area contributed by atoms with Crippen LogP contribution in [0.1, 0.15) is 33.6 Å². The molecule has 0 radical (unpaired) electrons. The Kier molecular flexibility index (Phi) is 11.0. The Balaban J connectivity index is 2.40. The van der Waals surface area contributed by atoms with Crippen molar-refractivity contribution in [1.29, 1.82) is 0 Å². The summed E-state index contributed by atoms with van der Waals surface area (Å²) >= 11 is 0. The SMILES string of the molecule is CCNC(=NCCN(C)C(C)CC)N1CCC(COCCOC)C1. The molecule has 24 heavy (non-hydrogen) atoms. The van der Waals surface area contributed by atoms with Gasteiger partial charge in [0.25, 0.3) is 0 Å². The number of nitrogens with zero attached hydrogens (tertiary/aromatic N) is 3. The predicted octanol–water partition coefficient (Wildman–Crippen LogP) is 1.67. The van der Waals surface area contributed by atoms with Gasteiger partial charge in [0.2, 0.25) is 0 Å². The molecule has 0 spiro atoms. The Hall–Kier alpha value is -0.850. The first-order valence-electron chi connectivity index (χ1n) is 9.42. The van der Waals surface area contributed by atoms with Gasteiger partial charge in [0, 0.05) is 45.2 Å². The zero-order chi connectivity index (χ0) is 17.8. The van der Waals surface area contributed by atoms with Crippen LogP contribution in [0, 0.1) is 5.92 Å². The second-order valence-corrected chi connectivity index (χ2v) is 6.64. The van der Waals surface area contributed by atoms with Crippen molar-refractivity contribution in [2.75, 3.05) is 66.7 Å². The monoisotopic (exact) mass is 342 g/mol. The number of likely N-dealkylation sites (tertiary alicyclic amines) is 1. The summed E-state index contributed by atoms with van der Waals surface area (Å²) in [6.07, 6.45) is 2.35. The van der Waals surface area contributed by atoms with Crippen molar-refractivity contribution in [3.63, 3.8) is 0 Å². The highest BCUT2D eigenvalue weighted by molar-refractivity contribution is 5.80. The molecule has 0 aromatic carbocycles. The van der Waals surface area contributed by atoms with Crippen LogP contribution in [0.5, 0.6) is 0 Å². The molecule has 1 aliphatic heterocycles. The van der Waals surface area contributed by atoms with Crippen LogP contribution in [-0.2, 0) is 9.47 Å². The maximum absolute atomic E-state index is 5.68. The van der Waals surface area contributed by atoms with Crippen LogP contribution in [0.2, 0.25) is 0 Å². The van der Waals surface area contributed by atoms with Gasteiger partial charge < -0.3 is 24.6 Å². The van der Waals surface area contributed by atoms with Gasteiger partial charge in [-0.05, 0) is 33.7 Å². The van der Waals surface area contributed by atoms with Gasteiger partial charge in [-0.25, -0.2) is 0 Å². The lowest BCUT2D eigenvalue weighted by atomic mass is 10.1. The highest BCUT2D eigenvalue weighted by atomic mass is 16.5. The van der Waals surface area contributed by atoms with E-state index in [-0.39, 0.29) is 0 Å². The van der Waals surface area contributed by atoms with Gasteiger partial charge in [-0.15, -0.1) is 0 Å². The fraction of sp³-hybridized carbons (Fsp3) is 0.944. The quantitative estimate of drug-likeness (QED) is 0.352. The minimum absolute atomic E-state index is 0.591. The summed E-state index contributed by atoms with van der Waals surface area (Å²) in [5, 5.41) is 3.44. The van der Waals surface area contributed by atoms with E-state index >= 15 is 0 Å². The van der Waals surface area contributed by atoms with Crippen LogP contribution in [0.25, 0.3) is 0 Å². The van der Waals surface area contributed by atoms with Crippen LogP contribution in [0.3, 0.4) is 0 Å². The fourth-order valence-corrected chi connectivity index (χ4v) is 2.82. The number of nitrogens with one attached hydrogen (secondary N) is 1. The van der Waals surface area contributed by atoms with Crippen molar-refractivity contribution >= 4 is 5.96 Å². The summed E-state index contributed by atoms with van der Waals surface area (Å²) in [6, 6.07) is 0.614. The average molecular weight is 343 g/mol. The van der Waals surface area contributed by atoms with Crippen molar-refractivity contribution in [2.45, 2.75) is 39.7 Å². The average Bonchev–Trinajstić information content (AvgIpc) is 3.05. The highest BCUT2D eigenvalue weighted by Crippen LogP contribution is 2.16.